The predicted octanol–water partition coefficient (Wildman–Crippen LogP) is 2.76. The zero-order chi connectivity index (χ0) is 14.8. The van der Waals surface area contributed by atoms with Gasteiger partial charge in [-0.05, 0) is 43.4 Å². The largest absolute Gasteiger partial charge is 0.469 e. The van der Waals surface area contributed by atoms with Crippen LogP contribution in [0.4, 0.5) is 0 Å². The van der Waals surface area contributed by atoms with Gasteiger partial charge in [-0.25, -0.2) is 4.68 Å². The molecule has 1 aromatic heterocycles. The Morgan fingerprint density at radius 3 is 3.05 bits per heavy atom. The van der Waals surface area contributed by atoms with E-state index < -0.39 is 0 Å². The minimum atomic E-state index is -0.229. The van der Waals surface area contributed by atoms with Crippen molar-refractivity contribution in [3.05, 3.63) is 29.5 Å². The molecule has 1 saturated heterocycles. The van der Waals surface area contributed by atoms with Gasteiger partial charge in [0, 0.05) is 18.2 Å². The van der Waals surface area contributed by atoms with Gasteiger partial charge in [-0.1, -0.05) is 6.07 Å². The summed E-state index contributed by atoms with van der Waals surface area (Å²) in [5, 5.41) is 5.62. The number of benzene rings is 1. The number of esters is 1. The smallest absolute Gasteiger partial charge is 0.310 e. The summed E-state index contributed by atoms with van der Waals surface area (Å²) in [6, 6.07) is 3.99. The van der Waals surface area contributed by atoms with Crippen molar-refractivity contribution in [2.45, 2.75) is 38.8 Å². The zero-order valence-corrected chi connectivity index (χ0v) is 12.5. The molecule has 2 aromatic rings. The van der Waals surface area contributed by atoms with Gasteiger partial charge >= 0.3 is 5.97 Å². The summed E-state index contributed by atoms with van der Waals surface area (Å²) in [5.41, 5.74) is 2.96. The van der Waals surface area contributed by atoms with Crippen molar-refractivity contribution in [1.82, 2.24) is 9.78 Å². The van der Waals surface area contributed by atoms with Gasteiger partial charge in [-0.15, -0.1) is 0 Å². The average molecular weight is 288 g/mol. The fourth-order valence-electron chi connectivity index (χ4n) is 2.81. The Balaban J connectivity index is 1.99. The van der Waals surface area contributed by atoms with Gasteiger partial charge in [0.25, 0.3) is 0 Å². The van der Waals surface area contributed by atoms with E-state index >= 15 is 0 Å². The first kappa shape index (κ1) is 14.1. The fraction of sp³-hybridized carbons (Fsp3) is 0.500. The maximum atomic E-state index is 11.6. The third-order valence-corrected chi connectivity index (χ3v) is 4.05. The zero-order valence-electron chi connectivity index (χ0n) is 12.5. The number of aromatic nitrogens is 2. The monoisotopic (exact) mass is 288 g/mol. The molecule has 1 aliphatic rings. The van der Waals surface area contributed by atoms with Crippen LogP contribution >= 0.6 is 0 Å². The number of ether oxygens (including phenoxy) is 2. The van der Waals surface area contributed by atoms with Crippen molar-refractivity contribution in [2.24, 2.45) is 0 Å². The molecule has 0 bridgehead atoms. The molecular formula is C16H20N2O3. The molecule has 3 rings (SSSR count). The normalized spacial score (nSPS) is 18.9. The molecule has 0 amide bonds. The van der Waals surface area contributed by atoms with Gasteiger partial charge in [0.2, 0.25) is 0 Å². The van der Waals surface area contributed by atoms with E-state index in [1.165, 1.54) is 7.11 Å². The number of nitrogens with zero attached hydrogens (tertiary/aromatic N) is 2. The predicted molar refractivity (Wildman–Crippen MR) is 79.0 cm³/mol. The van der Waals surface area contributed by atoms with E-state index in [2.05, 4.69) is 5.10 Å². The lowest BCUT2D eigenvalue weighted by atomic mass is 10.0. The van der Waals surface area contributed by atoms with Gasteiger partial charge in [0.1, 0.15) is 6.23 Å². The van der Waals surface area contributed by atoms with Crippen LogP contribution in [-0.4, -0.2) is 29.5 Å². The minimum Gasteiger partial charge on any atom is -0.469 e. The maximum absolute atomic E-state index is 11.6. The van der Waals surface area contributed by atoms with Crippen LogP contribution in [0.3, 0.4) is 0 Å². The van der Waals surface area contributed by atoms with Crippen molar-refractivity contribution in [1.29, 1.82) is 0 Å². The maximum Gasteiger partial charge on any atom is 0.310 e. The van der Waals surface area contributed by atoms with Crippen molar-refractivity contribution in [3.8, 4) is 0 Å². The Labute approximate surface area is 123 Å². The number of hydrogen-bond donors (Lipinski definition) is 0. The number of rotatable bonds is 3. The Kier molecular flexibility index (Phi) is 3.92. The van der Waals surface area contributed by atoms with Crippen LogP contribution in [0.25, 0.3) is 10.9 Å². The molecule has 1 aliphatic heterocycles. The van der Waals surface area contributed by atoms with Crippen LogP contribution in [0.2, 0.25) is 0 Å². The van der Waals surface area contributed by atoms with Crippen LogP contribution in [0.1, 0.15) is 36.6 Å². The van der Waals surface area contributed by atoms with Crippen LogP contribution in [0, 0.1) is 6.92 Å². The van der Waals surface area contributed by atoms with E-state index in [1.54, 1.807) is 0 Å². The van der Waals surface area contributed by atoms with Gasteiger partial charge in [-0.3, -0.25) is 4.79 Å². The summed E-state index contributed by atoms with van der Waals surface area (Å²) in [7, 11) is 1.41. The summed E-state index contributed by atoms with van der Waals surface area (Å²) in [6.07, 6.45) is 5.54. The van der Waals surface area contributed by atoms with Crippen molar-refractivity contribution < 1.29 is 14.3 Å². The number of fused-ring (bicyclic) bond motifs is 1. The summed E-state index contributed by atoms with van der Waals surface area (Å²) in [4.78, 5) is 11.6. The lowest BCUT2D eigenvalue weighted by Gasteiger charge is -2.22. The number of aryl methyl sites for hydroxylation is 1. The van der Waals surface area contributed by atoms with Gasteiger partial charge < -0.3 is 9.47 Å². The van der Waals surface area contributed by atoms with E-state index in [4.69, 9.17) is 9.47 Å². The molecule has 0 N–H and O–H groups in total. The van der Waals surface area contributed by atoms with Crippen molar-refractivity contribution >= 4 is 16.9 Å². The third kappa shape index (κ3) is 2.78. The second-order valence-electron chi connectivity index (χ2n) is 5.48. The van der Waals surface area contributed by atoms with Crippen LogP contribution < -0.4 is 0 Å². The van der Waals surface area contributed by atoms with E-state index in [0.29, 0.717) is 0 Å². The number of carbonyl (C=O) groups excluding carboxylic acids is 1. The molecule has 0 aliphatic carbocycles. The summed E-state index contributed by atoms with van der Waals surface area (Å²) in [5.74, 6) is -0.229. The molecule has 2 heterocycles. The van der Waals surface area contributed by atoms with Crippen LogP contribution in [0.15, 0.2) is 18.3 Å². The molecule has 0 radical (unpaired) electrons. The highest BCUT2D eigenvalue weighted by molar-refractivity contribution is 5.87. The number of methoxy groups -OCH3 is 1. The molecule has 21 heavy (non-hydrogen) atoms. The molecule has 1 atom stereocenters. The first-order valence-corrected chi connectivity index (χ1v) is 7.35. The second kappa shape index (κ2) is 5.85. The number of hydrogen-bond acceptors (Lipinski definition) is 4. The lowest BCUT2D eigenvalue weighted by Crippen LogP contribution is -2.18. The topological polar surface area (TPSA) is 53.3 Å². The molecule has 0 spiro atoms. The quantitative estimate of drug-likeness (QED) is 0.815. The molecular weight excluding hydrogens is 268 g/mol. The molecule has 112 valence electrons. The minimum absolute atomic E-state index is 0.0115. The van der Waals surface area contributed by atoms with Crippen LogP contribution in [-0.2, 0) is 20.7 Å². The summed E-state index contributed by atoms with van der Waals surface area (Å²) >= 11 is 0. The van der Waals surface area contributed by atoms with Crippen molar-refractivity contribution in [2.75, 3.05) is 13.7 Å². The Morgan fingerprint density at radius 1 is 1.48 bits per heavy atom. The molecule has 1 unspecified atom stereocenters. The SMILES string of the molecule is COC(=O)Cc1c(C)ccc2nn(C3CCCCO3)cc12. The van der Waals surface area contributed by atoms with Crippen LogP contribution in [0.5, 0.6) is 0 Å². The highest BCUT2D eigenvalue weighted by atomic mass is 16.5. The van der Waals surface area contributed by atoms with E-state index in [0.717, 1.165) is 47.9 Å². The lowest BCUT2D eigenvalue weighted by molar-refractivity contribution is -0.139. The third-order valence-electron chi connectivity index (χ3n) is 4.05. The molecule has 5 heteroatoms. The first-order valence-electron chi connectivity index (χ1n) is 7.35. The molecule has 1 aromatic carbocycles. The average Bonchev–Trinajstić information content (AvgIpc) is 2.95. The highest BCUT2D eigenvalue weighted by Crippen LogP contribution is 2.27. The van der Waals surface area contributed by atoms with Gasteiger partial charge in [0.15, 0.2) is 0 Å². The van der Waals surface area contributed by atoms with E-state index in [1.807, 2.05) is 29.9 Å². The summed E-state index contributed by atoms with van der Waals surface area (Å²) in [6.45, 7) is 2.79. The van der Waals surface area contributed by atoms with Gasteiger partial charge in [-0.2, -0.15) is 5.10 Å². The van der Waals surface area contributed by atoms with E-state index in [-0.39, 0.29) is 18.6 Å². The fourth-order valence-corrected chi connectivity index (χ4v) is 2.81. The standard InChI is InChI=1S/C16H20N2O3/c1-11-6-7-14-13(12(11)9-16(19)20-2)10-18(17-14)15-5-3-4-8-21-15/h6-7,10,15H,3-5,8-9H2,1-2H3. The Hall–Kier alpha value is -1.88. The second-order valence-corrected chi connectivity index (χ2v) is 5.48. The van der Waals surface area contributed by atoms with Crippen molar-refractivity contribution in [3.63, 3.8) is 0 Å². The Morgan fingerprint density at radius 2 is 2.33 bits per heavy atom. The Bertz CT molecular complexity index is 657. The summed E-state index contributed by atoms with van der Waals surface area (Å²) < 4.78 is 12.5. The molecule has 0 saturated carbocycles. The molecule has 5 nitrogen and oxygen atoms in total. The molecule has 1 fully saturated rings. The van der Waals surface area contributed by atoms with Gasteiger partial charge in [0.05, 0.1) is 19.0 Å². The number of carbonyl (C=O) groups is 1. The first-order chi connectivity index (χ1) is 10.2. The highest BCUT2D eigenvalue weighted by Gasteiger charge is 2.19. The van der Waals surface area contributed by atoms with E-state index in [9.17, 15) is 4.79 Å².